The van der Waals surface area contributed by atoms with Gasteiger partial charge in [-0.15, -0.1) is 0 Å². The molecule has 3 N–H and O–H groups in total. The minimum absolute atomic E-state index is 0.329. The molecular weight excluding hydrogens is 324 g/mol. The van der Waals surface area contributed by atoms with E-state index in [4.69, 9.17) is 40.6 Å². The molecule has 0 amide bonds. The molecule has 1 aromatic heterocycles. The van der Waals surface area contributed by atoms with Crippen molar-refractivity contribution in [3.8, 4) is 0 Å². The zero-order valence-corrected chi connectivity index (χ0v) is 12.5. The minimum Gasteiger partial charge on any atom is -0.271 e. The Morgan fingerprint density at radius 3 is 2.55 bits per heavy atom. The molecule has 1 aromatic carbocycles. The molecule has 0 aliphatic carbocycles. The van der Waals surface area contributed by atoms with E-state index in [1.807, 2.05) is 0 Å². The topological polar surface area (TPSA) is 50.9 Å². The first kappa shape index (κ1) is 15.5. The third kappa shape index (κ3) is 3.59. The van der Waals surface area contributed by atoms with Crippen molar-refractivity contribution in [2.75, 3.05) is 0 Å². The standard InChI is InChI=1S/C13H11Cl3FN3/c14-8-4-11(16)13(19-6-8)12(20-18)3-7-1-2-9(17)5-10(7)15/h1-2,4-6,12,20H,3,18H2. The molecule has 3 nitrogen and oxygen atoms in total. The summed E-state index contributed by atoms with van der Waals surface area (Å²) in [5.41, 5.74) is 3.92. The van der Waals surface area contributed by atoms with Crippen LogP contribution in [0.25, 0.3) is 0 Å². The van der Waals surface area contributed by atoms with E-state index in [0.29, 0.717) is 27.2 Å². The van der Waals surface area contributed by atoms with Crippen LogP contribution in [0.15, 0.2) is 30.5 Å². The lowest BCUT2D eigenvalue weighted by atomic mass is 10.0. The van der Waals surface area contributed by atoms with Gasteiger partial charge in [0.2, 0.25) is 0 Å². The first-order chi connectivity index (χ1) is 9.51. The second kappa shape index (κ2) is 6.70. The Kier molecular flexibility index (Phi) is 5.18. The highest BCUT2D eigenvalue weighted by molar-refractivity contribution is 6.34. The monoisotopic (exact) mass is 333 g/mol. The van der Waals surface area contributed by atoms with Gasteiger partial charge in [-0.25, -0.2) is 4.39 Å². The van der Waals surface area contributed by atoms with Crippen LogP contribution in [0, 0.1) is 5.82 Å². The summed E-state index contributed by atoms with van der Waals surface area (Å²) in [5, 5.41) is 1.17. The molecule has 0 bridgehead atoms. The van der Waals surface area contributed by atoms with E-state index in [-0.39, 0.29) is 6.04 Å². The number of rotatable bonds is 4. The average molecular weight is 335 g/mol. The Morgan fingerprint density at radius 1 is 1.20 bits per heavy atom. The maximum atomic E-state index is 13.0. The third-order valence-corrected chi connectivity index (χ3v) is 3.67. The van der Waals surface area contributed by atoms with Gasteiger partial charge in [-0.05, 0) is 30.2 Å². The van der Waals surface area contributed by atoms with Gasteiger partial charge in [-0.2, -0.15) is 0 Å². The summed E-state index contributed by atoms with van der Waals surface area (Å²) in [4.78, 5) is 4.17. The van der Waals surface area contributed by atoms with Gasteiger partial charge >= 0.3 is 0 Å². The van der Waals surface area contributed by atoms with Gasteiger partial charge < -0.3 is 0 Å². The fourth-order valence-electron chi connectivity index (χ4n) is 1.82. The first-order valence-electron chi connectivity index (χ1n) is 5.72. The smallest absolute Gasteiger partial charge is 0.124 e. The summed E-state index contributed by atoms with van der Waals surface area (Å²) in [7, 11) is 0. The van der Waals surface area contributed by atoms with Crippen LogP contribution < -0.4 is 11.3 Å². The lowest BCUT2D eigenvalue weighted by Gasteiger charge is -2.17. The fraction of sp³-hybridized carbons (Fsp3) is 0.154. The van der Waals surface area contributed by atoms with E-state index >= 15 is 0 Å². The average Bonchev–Trinajstić information content (AvgIpc) is 2.39. The number of nitrogens with zero attached hydrogens (tertiary/aromatic N) is 1. The molecule has 106 valence electrons. The normalized spacial score (nSPS) is 12.4. The number of aromatic nitrogens is 1. The zero-order valence-electron chi connectivity index (χ0n) is 10.2. The molecule has 7 heteroatoms. The van der Waals surface area contributed by atoms with Crippen molar-refractivity contribution in [3.63, 3.8) is 0 Å². The highest BCUT2D eigenvalue weighted by Gasteiger charge is 2.17. The number of hydrogen-bond acceptors (Lipinski definition) is 3. The lowest BCUT2D eigenvalue weighted by Crippen LogP contribution is -2.30. The van der Waals surface area contributed by atoms with Crippen LogP contribution in [0.4, 0.5) is 4.39 Å². The molecular formula is C13H11Cl3FN3. The number of nitrogens with two attached hydrogens (primary N) is 1. The molecule has 1 unspecified atom stereocenters. The predicted octanol–water partition coefficient (Wildman–Crippen LogP) is 3.93. The molecule has 0 radical (unpaired) electrons. The molecule has 2 aromatic rings. The van der Waals surface area contributed by atoms with Crippen molar-refractivity contribution in [2.45, 2.75) is 12.5 Å². The largest absolute Gasteiger partial charge is 0.271 e. The molecule has 0 aliphatic heterocycles. The lowest BCUT2D eigenvalue weighted by molar-refractivity contribution is 0.538. The molecule has 1 atom stereocenters. The van der Waals surface area contributed by atoms with Gasteiger partial charge in [0.1, 0.15) is 5.82 Å². The highest BCUT2D eigenvalue weighted by Crippen LogP contribution is 2.28. The summed E-state index contributed by atoms with van der Waals surface area (Å²) in [6, 6.07) is 5.42. The molecule has 1 heterocycles. The van der Waals surface area contributed by atoms with Crippen LogP contribution in [0.5, 0.6) is 0 Å². The van der Waals surface area contributed by atoms with E-state index < -0.39 is 5.82 Å². The quantitative estimate of drug-likeness (QED) is 0.658. The van der Waals surface area contributed by atoms with Crippen LogP contribution in [0.1, 0.15) is 17.3 Å². The highest BCUT2D eigenvalue weighted by atomic mass is 35.5. The minimum atomic E-state index is -0.390. The van der Waals surface area contributed by atoms with E-state index in [1.165, 1.54) is 18.3 Å². The Bertz CT molecular complexity index is 622. The van der Waals surface area contributed by atoms with Gasteiger partial charge in [-0.1, -0.05) is 40.9 Å². The zero-order chi connectivity index (χ0) is 14.7. The van der Waals surface area contributed by atoms with Gasteiger partial charge in [0.15, 0.2) is 0 Å². The Hall–Kier alpha value is -0.910. The number of nitrogens with one attached hydrogen (secondary N) is 1. The summed E-state index contributed by atoms with van der Waals surface area (Å²) < 4.78 is 13.0. The van der Waals surface area contributed by atoms with Crippen LogP contribution in [0.2, 0.25) is 15.1 Å². The molecule has 0 fully saturated rings. The Balaban J connectivity index is 2.28. The van der Waals surface area contributed by atoms with Gasteiger partial charge in [0, 0.05) is 11.2 Å². The van der Waals surface area contributed by atoms with Gasteiger partial charge in [0.05, 0.1) is 21.8 Å². The summed E-state index contributed by atoms with van der Waals surface area (Å²) in [6.07, 6.45) is 1.91. The number of benzene rings is 1. The molecule has 0 spiro atoms. The van der Waals surface area contributed by atoms with Crippen molar-refractivity contribution in [1.82, 2.24) is 10.4 Å². The van der Waals surface area contributed by atoms with Crippen molar-refractivity contribution in [3.05, 3.63) is 62.6 Å². The number of halogens is 4. The number of hydrogen-bond donors (Lipinski definition) is 2. The maximum absolute atomic E-state index is 13.0. The third-order valence-electron chi connectivity index (χ3n) is 2.81. The SMILES string of the molecule is NNC(Cc1ccc(F)cc1Cl)c1ncc(Cl)cc1Cl. The number of hydrazine groups is 1. The van der Waals surface area contributed by atoms with Crippen molar-refractivity contribution < 1.29 is 4.39 Å². The Labute approximate surface area is 130 Å². The molecule has 20 heavy (non-hydrogen) atoms. The number of pyridine rings is 1. The van der Waals surface area contributed by atoms with Gasteiger partial charge in [-0.3, -0.25) is 16.3 Å². The van der Waals surface area contributed by atoms with Gasteiger partial charge in [0.25, 0.3) is 0 Å². The van der Waals surface area contributed by atoms with E-state index in [0.717, 1.165) is 5.56 Å². The van der Waals surface area contributed by atoms with E-state index in [2.05, 4.69) is 10.4 Å². The second-order valence-corrected chi connectivity index (χ2v) is 5.43. The van der Waals surface area contributed by atoms with Crippen molar-refractivity contribution in [2.24, 2.45) is 5.84 Å². The van der Waals surface area contributed by atoms with E-state index in [1.54, 1.807) is 12.1 Å². The van der Waals surface area contributed by atoms with Crippen molar-refractivity contribution >= 4 is 34.8 Å². The van der Waals surface area contributed by atoms with Crippen LogP contribution in [-0.2, 0) is 6.42 Å². The summed E-state index contributed by atoms with van der Waals surface area (Å²) >= 11 is 17.9. The molecule has 0 saturated carbocycles. The van der Waals surface area contributed by atoms with Crippen LogP contribution in [-0.4, -0.2) is 4.98 Å². The first-order valence-corrected chi connectivity index (χ1v) is 6.85. The van der Waals surface area contributed by atoms with E-state index in [9.17, 15) is 4.39 Å². The molecule has 2 rings (SSSR count). The Morgan fingerprint density at radius 2 is 1.95 bits per heavy atom. The summed E-state index contributed by atoms with van der Waals surface area (Å²) in [5.74, 6) is 5.15. The van der Waals surface area contributed by atoms with Crippen LogP contribution in [0.3, 0.4) is 0 Å². The maximum Gasteiger partial charge on any atom is 0.124 e. The molecule has 0 aliphatic rings. The second-order valence-electron chi connectivity index (χ2n) is 4.18. The van der Waals surface area contributed by atoms with Crippen LogP contribution >= 0.6 is 34.8 Å². The fourth-order valence-corrected chi connectivity index (χ4v) is 2.58. The predicted molar refractivity (Wildman–Crippen MR) is 79.4 cm³/mol. The molecule has 0 saturated heterocycles. The summed E-state index contributed by atoms with van der Waals surface area (Å²) in [6.45, 7) is 0. The van der Waals surface area contributed by atoms with Crippen molar-refractivity contribution in [1.29, 1.82) is 0 Å².